The summed E-state index contributed by atoms with van der Waals surface area (Å²) in [7, 11) is 1.61. The number of rotatable bonds is 4. The number of aromatic nitrogens is 4. The van der Waals surface area contributed by atoms with Crippen LogP contribution in [0.4, 0.5) is 0 Å². The Kier molecular flexibility index (Phi) is 3.69. The number of carboxylic acids is 1. The Balaban J connectivity index is 2.38. The van der Waals surface area contributed by atoms with Gasteiger partial charge >= 0.3 is 5.97 Å². The van der Waals surface area contributed by atoms with Crippen LogP contribution in [0, 0.1) is 20.8 Å². The lowest BCUT2D eigenvalue weighted by Crippen LogP contribution is -2.09. The predicted molar refractivity (Wildman–Crippen MR) is 71.1 cm³/mol. The Hall–Kier alpha value is -2.44. The molecular formula is C13H16N4O3. The first-order chi connectivity index (χ1) is 9.45. The van der Waals surface area contributed by atoms with Gasteiger partial charge in [0.25, 0.3) is 0 Å². The molecule has 1 N–H and O–H groups in total. The average Bonchev–Trinajstić information content (AvgIpc) is 2.75. The molecule has 2 aromatic rings. The molecule has 2 aromatic heterocycles. The van der Waals surface area contributed by atoms with E-state index < -0.39 is 5.97 Å². The number of hydrogen-bond donors (Lipinski definition) is 1. The maximum absolute atomic E-state index is 10.9. The molecule has 0 aliphatic carbocycles. The average molecular weight is 276 g/mol. The van der Waals surface area contributed by atoms with Crippen molar-refractivity contribution >= 4 is 5.97 Å². The first-order valence-corrected chi connectivity index (χ1v) is 6.08. The molecule has 0 saturated heterocycles. The number of pyridine rings is 1. The van der Waals surface area contributed by atoms with Gasteiger partial charge in [0.2, 0.25) is 0 Å². The third-order valence-corrected chi connectivity index (χ3v) is 3.23. The minimum atomic E-state index is -1.08. The van der Waals surface area contributed by atoms with Gasteiger partial charge in [-0.3, -0.25) is 4.98 Å². The Morgan fingerprint density at radius 1 is 1.40 bits per heavy atom. The molecule has 0 saturated carbocycles. The lowest BCUT2D eigenvalue weighted by atomic mass is 10.1. The second kappa shape index (κ2) is 5.28. The molecule has 0 fully saturated rings. The number of nitrogens with zero attached hydrogens (tertiary/aromatic N) is 4. The number of aromatic carboxylic acids is 1. The lowest BCUT2D eigenvalue weighted by molar-refractivity contribution is 0.0689. The van der Waals surface area contributed by atoms with Gasteiger partial charge in [0.15, 0.2) is 5.69 Å². The van der Waals surface area contributed by atoms with E-state index in [1.54, 1.807) is 20.2 Å². The quantitative estimate of drug-likeness (QED) is 0.906. The van der Waals surface area contributed by atoms with Crippen molar-refractivity contribution in [3.8, 4) is 5.75 Å². The first-order valence-electron chi connectivity index (χ1n) is 6.08. The molecule has 0 aromatic carbocycles. The van der Waals surface area contributed by atoms with Crippen LogP contribution in [0.15, 0.2) is 6.20 Å². The standard InChI is InChI=1S/C13H16N4O3/c1-7-5-14-10(8(2)12(7)20-4)6-17-9(3)11(13(18)19)15-16-17/h5H,6H2,1-4H3,(H,18,19). The van der Waals surface area contributed by atoms with E-state index in [0.29, 0.717) is 12.2 Å². The van der Waals surface area contributed by atoms with Crippen LogP contribution in [0.3, 0.4) is 0 Å². The number of carboxylic acid groups (broad SMARTS) is 1. The highest BCUT2D eigenvalue weighted by molar-refractivity contribution is 5.86. The maximum atomic E-state index is 10.9. The monoisotopic (exact) mass is 276 g/mol. The molecular weight excluding hydrogens is 260 g/mol. The normalized spacial score (nSPS) is 10.6. The van der Waals surface area contributed by atoms with Gasteiger partial charge in [0.05, 0.1) is 25.0 Å². The zero-order valence-corrected chi connectivity index (χ0v) is 11.8. The Morgan fingerprint density at radius 3 is 2.65 bits per heavy atom. The lowest BCUT2D eigenvalue weighted by Gasteiger charge is -2.12. The third kappa shape index (κ3) is 2.34. The first kappa shape index (κ1) is 14.0. The van der Waals surface area contributed by atoms with Gasteiger partial charge < -0.3 is 9.84 Å². The van der Waals surface area contributed by atoms with Gasteiger partial charge in [-0.05, 0) is 20.8 Å². The summed E-state index contributed by atoms with van der Waals surface area (Å²) in [6.45, 7) is 5.86. The summed E-state index contributed by atoms with van der Waals surface area (Å²) in [4.78, 5) is 15.3. The fourth-order valence-electron chi connectivity index (χ4n) is 2.08. The summed E-state index contributed by atoms with van der Waals surface area (Å²) in [6.07, 6.45) is 1.73. The van der Waals surface area contributed by atoms with Crippen LogP contribution in [0.2, 0.25) is 0 Å². The highest BCUT2D eigenvalue weighted by Crippen LogP contribution is 2.24. The Morgan fingerprint density at radius 2 is 2.10 bits per heavy atom. The Labute approximate surface area is 116 Å². The van der Waals surface area contributed by atoms with Crippen LogP contribution < -0.4 is 4.74 Å². The van der Waals surface area contributed by atoms with Crippen molar-refractivity contribution in [2.75, 3.05) is 7.11 Å². The molecule has 106 valence electrons. The smallest absolute Gasteiger partial charge is 0.358 e. The molecule has 7 nitrogen and oxygen atoms in total. The topological polar surface area (TPSA) is 90.1 Å². The third-order valence-electron chi connectivity index (χ3n) is 3.23. The highest BCUT2D eigenvalue weighted by atomic mass is 16.5. The van der Waals surface area contributed by atoms with Crippen molar-refractivity contribution in [2.45, 2.75) is 27.3 Å². The zero-order valence-electron chi connectivity index (χ0n) is 11.8. The fraction of sp³-hybridized carbons (Fsp3) is 0.385. The van der Waals surface area contributed by atoms with E-state index in [2.05, 4.69) is 15.3 Å². The number of methoxy groups -OCH3 is 1. The van der Waals surface area contributed by atoms with Gasteiger partial charge in [-0.1, -0.05) is 5.21 Å². The van der Waals surface area contributed by atoms with Crippen molar-refractivity contribution in [3.05, 3.63) is 34.4 Å². The van der Waals surface area contributed by atoms with Crippen LogP contribution in [0.25, 0.3) is 0 Å². The van der Waals surface area contributed by atoms with Gasteiger partial charge in [0, 0.05) is 17.3 Å². The van der Waals surface area contributed by atoms with E-state index in [-0.39, 0.29) is 5.69 Å². The summed E-state index contributed by atoms with van der Waals surface area (Å²) in [5.74, 6) is -0.300. The minimum Gasteiger partial charge on any atom is -0.496 e. The van der Waals surface area contributed by atoms with Gasteiger partial charge in [0.1, 0.15) is 5.75 Å². The van der Waals surface area contributed by atoms with Gasteiger partial charge in [-0.15, -0.1) is 5.10 Å². The Bertz CT molecular complexity index is 664. The molecule has 0 atom stereocenters. The van der Waals surface area contributed by atoms with Crippen LogP contribution in [-0.2, 0) is 6.54 Å². The molecule has 7 heteroatoms. The van der Waals surface area contributed by atoms with Crippen LogP contribution >= 0.6 is 0 Å². The van der Waals surface area contributed by atoms with E-state index in [1.807, 2.05) is 13.8 Å². The van der Waals surface area contributed by atoms with E-state index in [4.69, 9.17) is 9.84 Å². The van der Waals surface area contributed by atoms with Crippen LogP contribution in [-0.4, -0.2) is 38.2 Å². The van der Waals surface area contributed by atoms with Crippen molar-refractivity contribution < 1.29 is 14.6 Å². The van der Waals surface area contributed by atoms with Crippen LogP contribution in [0.5, 0.6) is 5.75 Å². The van der Waals surface area contributed by atoms with Crippen molar-refractivity contribution in [1.82, 2.24) is 20.0 Å². The SMILES string of the molecule is COc1c(C)cnc(Cn2nnc(C(=O)O)c2C)c1C. The van der Waals surface area contributed by atoms with Crippen LogP contribution in [0.1, 0.15) is 33.0 Å². The minimum absolute atomic E-state index is 0.0401. The summed E-state index contributed by atoms with van der Waals surface area (Å²) >= 11 is 0. The van der Waals surface area contributed by atoms with E-state index >= 15 is 0 Å². The number of ether oxygens (including phenoxy) is 1. The molecule has 0 aliphatic heterocycles. The predicted octanol–water partition coefficient (Wildman–Crippen LogP) is 1.35. The summed E-state index contributed by atoms with van der Waals surface area (Å²) in [5.41, 5.74) is 3.10. The van der Waals surface area contributed by atoms with E-state index in [1.165, 1.54) is 4.68 Å². The highest BCUT2D eigenvalue weighted by Gasteiger charge is 2.17. The maximum Gasteiger partial charge on any atom is 0.358 e. The number of aryl methyl sites for hydroxylation is 1. The molecule has 0 radical (unpaired) electrons. The zero-order chi connectivity index (χ0) is 14.9. The fourth-order valence-corrected chi connectivity index (χ4v) is 2.08. The number of hydrogen-bond acceptors (Lipinski definition) is 5. The molecule has 0 unspecified atom stereocenters. The van der Waals surface area contributed by atoms with Crippen molar-refractivity contribution in [3.63, 3.8) is 0 Å². The van der Waals surface area contributed by atoms with E-state index in [0.717, 1.165) is 22.6 Å². The molecule has 0 bridgehead atoms. The molecule has 2 heterocycles. The summed E-state index contributed by atoms with van der Waals surface area (Å²) < 4.78 is 6.87. The molecule has 0 amide bonds. The van der Waals surface area contributed by atoms with Crippen molar-refractivity contribution in [2.24, 2.45) is 0 Å². The largest absolute Gasteiger partial charge is 0.496 e. The van der Waals surface area contributed by atoms with Gasteiger partial charge in [-0.2, -0.15) is 0 Å². The summed E-state index contributed by atoms with van der Waals surface area (Å²) in [5, 5.41) is 16.5. The molecule has 20 heavy (non-hydrogen) atoms. The summed E-state index contributed by atoms with van der Waals surface area (Å²) in [6, 6.07) is 0. The number of carbonyl (C=O) groups is 1. The molecule has 0 spiro atoms. The van der Waals surface area contributed by atoms with E-state index in [9.17, 15) is 4.79 Å². The molecule has 2 rings (SSSR count). The molecule has 0 aliphatic rings. The second-order valence-electron chi connectivity index (χ2n) is 4.53. The van der Waals surface area contributed by atoms with Gasteiger partial charge in [-0.25, -0.2) is 9.48 Å². The van der Waals surface area contributed by atoms with Crippen molar-refractivity contribution in [1.29, 1.82) is 0 Å². The second-order valence-corrected chi connectivity index (χ2v) is 4.53.